The van der Waals surface area contributed by atoms with Gasteiger partial charge in [-0.2, -0.15) is 0 Å². The van der Waals surface area contributed by atoms with E-state index in [2.05, 4.69) is 10.9 Å². The van der Waals surface area contributed by atoms with E-state index in [1.165, 1.54) is 4.90 Å². The van der Waals surface area contributed by atoms with Crippen molar-refractivity contribution >= 4 is 11.8 Å². The number of oxazole rings is 1. The predicted octanol–water partition coefficient (Wildman–Crippen LogP) is 1.97. The minimum Gasteiger partial charge on any atom is -0.441 e. The molecule has 2 amide bonds. The molecule has 0 aliphatic carbocycles. The number of likely N-dealkylation sites (N-methyl/N-ethyl adjacent to an activating group) is 1. The highest BCUT2D eigenvalue weighted by Gasteiger charge is 2.26. The summed E-state index contributed by atoms with van der Waals surface area (Å²) in [5, 5.41) is 8.78. The molecule has 7 nitrogen and oxygen atoms in total. The Hall–Kier alpha value is -3.11. The van der Waals surface area contributed by atoms with E-state index in [9.17, 15) is 9.59 Å². The standard InChI is InChI=1S/C13H10N2O2.C5H9NO2.C2H6/c1-3-9-5-4-6-10(7-9)13-15-11(12(14)16)8(2)17-13;1-6-3-2-4(7)5(6)8;1-2/h1,4-7H,2H3,(H2,14,16);4,7H,2-3H2,1H3;1-2H3/t;4-;/m.0./s1. The Labute approximate surface area is 159 Å². The Balaban J connectivity index is 0.000000305. The summed E-state index contributed by atoms with van der Waals surface area (Å²) in [4.78, 5) is 27.2. The molecule has 1 atom stereocenters. The van der Waals surface area contributed by atoms with Gasteiger partial charge in [-0.05, 0) is 31.5 Å². The second-order valence-electron chi connectivity index (χ2n) is 5.58. The molecule has 0 bridgehead atoms. The number of nitrogens with zero attached hydrogens (tertiary/aromatic N) is 2. The van der Waals surface area contributed by atoms with E-state index in [1.54, 1.807) is 38.2 Å². The molecular formula is C20H25N3O4. The highest BCUT2D eigenvalue weighted by atomic mass is 16.4. The predicted molar refractivity (Wildman–Crippen MR) is 103 cm³/mol. The molecule has 0 radical (unpaired) electrons. The molecule has 7 heteroatoms. The fourth-order valence-corrected chi connectivity index (χ4v) is 2.29. The van der Waals surface area contributed by atoms with Crippen LogP contribution in [0.2, 0.25) is 0 Å². The van der Waals surface area contributed by atoms with E-state index >= 15 is 0 Å². The number of aliphatic hydroxyl groups is 1. The lowest BCUT2D eigenvalue weighted by molar-refractivity contribution is -0.133. The Kier molecular flexibility index (Phi) is 8.24. The zero-order chi connectivity index (χ0) is 20.6. The maximum Gasteiger partial charge on any atom is 0.270 e. The maximum absolute atomic E-state index is 11.1. The van der Waals surface area contributed by atoms with Gasteiger partial charge in [-0.15, -0.1) is 6.42 Å². The second kappa shape index (κ2) is 10.1. The molecular weight excluding hydrogens is 346 g/mol. The van der Waals surface area contributed by atoms with Crippen LogP contribution in [-0.4, -0.2) is 46.5 Å². The number of amides is 2. The second-order valence-corrected chi connectivity index (χ2v) is 5.58. The van der Waals surface area contributed by atoms with Crippen LogP contribution in [0.1, 0.15) is 42.1 Å². The smallest absolute Gasteiger partial charge is 0.270 e. The van der Waals surface area contributed by atoms with E-state index in [0.717, 1.165) is 11.1 Å². The average molecular weight is 371 g/mol. The van der Waals surface area contributed by atoms with Crippen molar-refractivity contribution in [2.45, 2.75) is 33.3 Å². The highest BCUT2D eigenvalue weighted by molar-refractivity contribution is 5.92. The lowest BCUT2D eigenvalue weighted by atomic mass is 10.1. The minimum absolute atomic E-state index is 0.145. The van der Waals surface area contributed by atoms with Gasteiger partial charge in [-0.1, -0.05) is 25.8 Å². The molecule has 144 valence electrons. The summed E-state index contributed by atoms with van der Waals surface area (Å²) in [5.74, 6) is 2.51. The minimum atomic E-state index is -0.722. The third-order valence-electron chi connectivity index (χ3n) is 3.71. The van der Waals surface area contributed by atoms with Crippen molar-refractivity contribution in [3.05, 3.63) is 41.3 Å². The van der Waals surface area contributed by atoms with Gasteiger partial charge in [0, 0.05) is 24.7 Å². The molecule has 1 aromatic carbocycles. The summed E-state index contributed by atoms with van der Waals surface area (Å²) in [7, 11) is 1.69. The van der Waals surface area contributed by atoms with Crippen LogP contribution in [0.4, 0.5) is 0 Å². The molecule has 2 heterocycles. The molecule has 2 aromatic rings. The van der Waals surface area contributed by atoms with E-state index in [0.29, 0.717) is 24.6 Å². The summed E-state index contributed by atoms with van der Waals surface area (Å²) in [6.45, 7) is 6.33. The summed E-state index contributed by atoms with van der Waals surface area (Å²) < 4.78 is 5.38. The van der Waals surface area contributed by atoms with Gasteiger partial charge in [0.15, 0.2) is 5.69 Å². The number of rotatable bonds is 2. The molecule has 1 aliphatic heterocycles. The third-order valence-corrected chi connectivity index (χ3v) is 3.71. The third kappa shape index (κ3) is 5.69. The first-order valence-corrected chi connectivity index (χ1v) is 8.60. The number of hydrogen-bond donors (Lipinski definition) is 2. The number of aliphatic hydroxyl groups excluding tert-OH is 1. The zero-order valence-corrected chi connectivity index (χ0v) is 16.0. The summed E-state index contributed by atoms with van der Waals surface area (Å²) >= 11 is 0. The number of aromatic nitrogens is 1. The van der Waals surface area contributed by atoms with Crippen molar-refractivity contribution in [2.24, 2.45) is 5.73 Å². The van der Waals surface area contributed by atoms with Crippen LogP contribution in [0.15, 0.2) is 28.7 Å². The number of aryl methyl sites for hydroxylation is 1. The van der Waals surface area contributed by atoms with Gasteiger partial charge in [-0.25, -0.2) is 4.98 Å². The molecule has 1 aliphatic rings. The molecule has 0 spiro atoms. The van der Waals surface area contributed by atoms with Crippen molar-refractivity contribution in [3.8, 4) is 23.8 Å². The lowest BCUT2D eigenvalue weighted by Crippen LogP contribution is -2.24. The number of carbonyl (C=O) groups is 2. The molecule has 27 heavy (non-hydrogen) atoms. The van der Waals surface area contributed by atoms with Crippen molar-refractivity contribution in [2.75, 3.05) is 13.6 Å². The largest absolute Gasteiger partial charge is 0.441 e. The topological polar surface area (TPSA) is 110 Å². The Morgan fingerprint density at radius 2 is 2.11 bits per heavy atom. The van der Waals surface area contributed by atoms with Gasteiger partial charge in [0.1, 0.15) is 11.9 Å². The van der Waals surface area contributed by atoms with Gasteiger partial charge < -0.3 is 20.2 Å². The van der Waals surface area contributed by atoms with Crippen molar-refractivity contribution < 1.29 is 19.1 Å². The molecule has 3 rings (SSSR count). The van der Waals surface area contributed by atoms with Crippen molar-refractivity contribution in [3.63, 3.8) is 0 Å². The quantitative estimate of drug-likeness (QED) is 0.784. The highest BCUT2D eigenvalue weighted by Crippen LogP contribution is 2.22. The van der Waals surface area contributed by atoms with E-state index in [-0.39, 0.29) is 11.6 Å². The number of likely N-dealkylation sites (tertiary alicyclic amines) is 1. The fraction of sp³-hybridized carbons (Fsp3) is 0.350. The van der Waals surface area contributed by atoms with E-state index in [4.69, 9.17) is 21.7 Å². The molecule has 0 saturated carbocycles. The number of primary amides is 1. The first-order chi connectivity index (χ1) is 12.8. The number of hydrogen-bond acceptors (Lipinski definition) is 5. The van der Waals surface area contributed by atoms with Gasteiger partial charge in [0.05, 0.1) is 0 Å². The molecule has 1 fully saturated rings. The molecule has 1 aromatic heterocycles. The average Bonchev–Trinajstić information content (AvgIpc) is 3.21. The van der Waals surface area contributed by atoms with Crippen molar-refractivity contribution in [1.29, 1.82) is 0 Å². The monoisotopic (exact) mass is 371 g/mol. The Morgan fingerprint density at radius 3 is 2.52 bits per heavy atom. The Bertz CT molecular complexity index is 824. The first kappa shape index (κ1) is 21.9. The van der Waals surface area contributed by atoms with Crippen LogP contribution < -0.4 is 5.73 Å². The number of benzene rings is 1. The number of terminal acetylenes is 1. The fourth-order valence-electron chi connectivity index (χ4n) is 2.29. The number of nitrogens with two attached hydrogens (primary N) is 1. The van der Waals surface area contributed by atoms with Crippen LogP contribution in [0.25, 0.3) is 11.5 Å². The van der Waals surface area contributed by atoms with Crippen LogP contribution in [0, 0.1) is 19.3 Å². The number of carbonyl (C=O) groups excluding carboxylic acids is 2. The van der Waals surface area contributed by atoms with Crippen LogP contribution in [0.5, 0.6) is 0 Å². The van der Waals surface area contributed by atoms with E-state index in [1.807, 2.05) is 13.8 Å². The van der Waals surface area contributed by atoms with Gasteiger partial charge in [-0.3, -0.25) is 9.59 Å². The van der Waals surface area contributed by atoms with Gasteiger partial charge >= 0.3 is 0 Å². The normalized spacial score (nSPS) is 15.2. The van der Waals surface area contributed by atoms with Crippen LogP contribution >= 0.6 is 0 Å². The van der Waals surface area contributed by atoms with Crippen LogP contribution in [0.3, 0.4) is 0 Å². The molecule has 0 unspecified atom stereocenters. The van der Waals surface area contributed by atoms with E-state index < -0.39 is 12.0 Å². The summed E-state index contributed by atoms with van der Waals surface area (Å²) in [5.41, 5.74) is 6.75. The van der Waals surface area contributed by atoms with Gasteiger partial charge in [0.2, 0.25) is 5.89 Å². The summed E-state index contributed by atoms with van der Waals surface area (Å²) in [6, 6.07) is 7.16. The SMILES string of the molecule is C#Cc1cccc(-c2nc(C(N)=O)c(C)o2)c1.CC.CN1CC[C@H](O)C1=O. The molecule has 1 saturated heterocycles. The summed E-state index contributed by atoms with van der Waals surface area (Å²) in [6.07, 6.45) is 5.18. The zero-order valence-electron chi connectivity index (χ0n) is 16.0. The lowest BCUT2D eigenvalue weighted by Gasteiger charge is -2.04. The Morgan fingerprint density at radius 1 is 1.44 bits per heavy atom. The van der Waals surface area contributed by atoms with Crippen LogP contribution in [-0.2, 0) is 4.79 Å². The molecule has 3 N–H and O–H groups in total. The van der Waals surface area contributed by atoms with Crippen molar-refractivity contribution in [1.82, 2.24) is 9.88 Å². The maximum atomic E-state index is 11.1. The first-order valence-electron chi connectivity index (χ1n) is 8.60. The van der Waals surface area contributed by atoms with Gasteiger partial charge in [0.25, 0.3) is 11.8 Å².